The van der Waals surface area contributed by atoms with Gasteiger partial charge in [-0.1, -0.05) is 36.8 Å². The second-order valence-electron chi connectivity index (χ2n) is 5.37. The lowest BCUT2D eigenvalue weighted by atomic mass is 9.85. The largest absolute Gasteiger partial charge is 0.346 e. The molecule has 1 aliphatic carbocycles. The van der Waals surface area contributed by atoms with Crippen LogP contribution in [0.15, 0.2) is 30.3 Å². The van der Waals surface area contributed by atoms with Crippen LogP contribution in [0.3, 0.4) is 0 Å². The van der Waals surface area contributed by atoms with Crippen molar-refractivity contribution in [2.24, 2.45) is 0 Å². The molecule has 0 bridgehead atoms. The van der Waals surface area contributed by atoms with Gasteiger partial charge in [0.15, 0.2) is 5.67 Å². The third-order valence-corrected chi connectivity index (χ3v) is 3.89. The Morgan fingerprint density at radius 2 is 1.90 bits per heavy atom. The third kappa shape index (κ3) is 3.44. The van der Waals surface area contributed by atoms with Crippen LogP contribution >= 0.6 is 0 Å². The lowest BCUT2D eigenvalue weighted by Gasteiger charge is -2.30. The van der Waals surface area contributed by atoms with Crippen molar-refractivity contribution in [3.63, 3.8) is 0 Å². The van der Waals surface area contributed by atoms with Crippen LogP contribution in [0.5, 0.6) is 0 Å². The molecule has 4 heteroatoms. The Bertz CT molecular complexity index is 455. The number of hydrogen-bond acceptors (Lipinski definition) is 2. The normalized spacial score (nSPS) is 19.1. The number of aldehydes is 1. The van der Waals surface area contributed by atoms with Crippen LogP contribution in [0, 0.1) is 0 Å². The Morgan fingerprint density at radius 1 is 1.25 bits per heavy atom. The number of rotatable bonds is 5. The second kappa shape index (κ2) is 6.64. The number of benzene rings is 1. The maximum absolute atomic E-state index is 14.6. The monoisotopic (exact) mass is 277 g/mol. The molecule has 0 heterocycles. The predicted octanol–water partition coefficient (Wildman–Crippen LogP) is 3.11. The molecule has 0 spiro atoms. The highest BCUT2D eigenvalue weighted by molar-refractivity contribution is 5.85. The molecule has 1 amide bonds. The van der Waals surface area contributed by atoms with Crippen molar-refractivity contribution >= 4 is 12.2 Å². The van der Waals surface area contributed by atoms with E-state index in [4.69, 9.17) is 0 Å². The first-order valence-corrected chi connectivity index (χ1v) is 7.14. The molecule has 1 fully saturated rings. The van der Waals surface area contributed by atoms with E-state index in [1.54, 1.807) is 0 Å². The van der Waals surface area contributed by atoms with Crippen molar-refractivity contribution in [1.29, 1.82) is 0 Å². The molecular formula is C16H20FNO2. The van der Waals surface area contributed by atoms with Crippen LogP contribution < -0.4 is 5.32 Å². The van der Waals surface area contributed by atoms with Gasteiger partial charge in [0, 0.05) is 6.42 Å². The van der Waals surface area contributed by atoms with Crippen LogP contribution in [0.1, 0.15) is 50.1 Å². The fraction of sp³-hybridized carbons (Fsp3) is 0.500. The zero-order chi connectivity index (χ0) is 14.4. The summed E-state index contributed by atoms with van der Waals surface area (Å²) in [6.45, 7) is 0. The number of nitrogens with one attached hydrogen (secondary N) is 1. The Labute approximate surface area is 118 Å². The van der Waals surface area contributed by atoms with Gasteiger partial charge in [0.2, 0.25) is 0 Å². The molecular weight excluding hydrogens is 257 g/mol. The van der Waals surface area contributed by atoms with Crippen molar-refractivity contribution in [2.75, 3.05) is 0 Å². The molecule has 20 heavy (non-hydrogen) atoms. The highest BCUT2D eigenvalue weighted by Crippen LogP contribution is 2.32. The van der Waals surface area contributed by atoms with Crippen LogP contribution in [0.2, 0.25) is 0 Å². The molecule has 0 saturated heterocycles. The van der Waals surface area contributed by atoms with E-state index in [0.717, 1.165) is 31.1 Å². The van der Waals surface area contributed by atoms with Gasteiger partial charge in [0.25, 0.3) is 5.91 Å². The summed E-state index contributed by atoms with van der Waals surface area (Å²) in [5, 5.41) is 2.70. The first kappa shape index (κ1) is 14.7. The summed E-state index contributed by atoms with van der Waals surface area (Å²) in [5.74, 6) is -0.576. The number of hydrogen-bond donors (Lipinski definition) is 1. The lowest BCUT2D eigenvalue weighted by Crippen LogP contribution is -2.46. The first-order valence-electron chi connectivity index (χ1n) is 7.14. The van der Waals surface area contributed by atoms with Crippen molar-refractivity contribution < 1.29 is 14.0 Å². The van der Waals surface area contributed by atoms with Crippen molar-refractivity contribution in [2.45, 2.75) is 50.2 Å². The summed E-state index contributed by atoms with van der Waals surface area (Å²) in [7, 11) is 0. The molecule has 0 aliphatic heterocycles. The topological polar surface area (TPSA) is 46.2 Å². The molecule has 1 unspecified atom stereocenters. The van der Waals surface area contributed by atoms with E-state index in [2.05, 4.69) is 5.32 Å². The SMILES string of the molecule is O=CCC(NC(=O)C1(F)CCCCC1)c1ccccc1. The highest BCUT2D eigenvalue weighted by atomic mass is 19.1. The first-order chi connectivity index (χ1) is 9.65. The molecule has 1 aliphatic rings. The fourth-order valence-corrected chi connectivity index (χ4v) is 2.69. The smallest absolute Gasteiger partial charge is 0.258 e. The van der Waals surface area contributed by atoms with Crippen LogP contribution in [0.4, 0.5) is 4.39 Å². The van der Waals surface area contributed by atoms with E-state index >= 15 is 0 Å². The van der Waals surface area contributed by atoms with Crippen LogP contribution in [-0.4, -0.2) is 17.9 Å². The van der Waals surface area contributed by atoms with E-state index in [-0.39, 0.29) is 19.3 Å². The molecule has 2 rings (SSSR count). The van der Waals surface area contributed by atoms with Crippen molar-refractivity contribution in [3.8, 4) is 0 Å². The minimum Gasteiger partial charge on any atom is -0.346 e. The van der Waals surface area contributed by atoms with E-state index in [0.29, 0.717) is 0 Å². The van der Waals surface area contributed by atoms with Gasteiger partial charge in [-0.2, -0.15) is 0 Å². The number of halogens is 1. The number of alkyl halides is 1. The molecule has 108 valence electrons. The van der Waals surface area contributed by atoms with Gasteiger partial charge in [-0.05, 0) is 31.2 Å². The maximum atomic E-state index is 14.6. The lowest BCUT2D eigenvalue weighted by molar-refractivity contribution is -0.135. The molecule has 1 aromatic carbocycles. The van der Waals surface area contributed by atoms with Gasteiger partial charge < -0.3 is 10.1 Å². The van der Waals surface area contributed by atoms with Crippen molar-refractivity contribution in [1.82, 2.24) is 5.32 Å². The Kier molecular flexibility index (Phi) is 4.88. The van der Waals surface area contributed by atoms with E-state index in [1.165, 1.54) is 0 Å². The predicted molar refractivity (Wildman–Crippen MR) is 74.9 cm³/mol. The average molecular weight is 277 g/mol. The van der Waals surface area contributed by atoms with Gasteiger partial charge in [0.1, 0.15) is 6.29 Å². The quantitative estimate of drug-likeness (QED) is 0.841. The van der Waals surface area contributed by atoms with E-state index in [9.17, 15) is 14.0 Å². The van der Waals surface area contributed by atoms with Crippen LogP contribution in [0.25, 0.3) is 0 Å². The number of carbonyl (C=O) groups is 2. The third-order valence-electron chi connectivity index (χ3n) is 3.89. The molecule has 1 atom stereocenters. The molecule has 1 aromatic rings. The summed E-state index contributed by atoms with van der Waals surface area (Å²) in [6.07, 6.45) is 3.94. The van der Waals surface area contributed by atoms with Gasteiger partial charge in [-0.3, -0.25) is 4.79 Å². The number of carbonyl (C=O) groups excluding carboxylic acids is 2. The Hall–Kier alpha value is -1.71. The second-order valence-corrected chi connectivity index (χ2v) is 5.37. The molecule has 0 aromatic heterocycles. The standard InChI is InChI=1S/C16H20FNO2/c17-16(10-5-2-6-11-16)15(20)18-14(9-12-19)13-7-3-1-4-8-13/h1,3-4,7-8,12,14H,2,5-6,9-11H2,(H,18,20). The molecule has 1 N–H and O–H groups in total. The van der Waals surface area contributed by atoms with Crippen molar-refractivity contribution in [3.05, 3.63) is 35.9 Å². The number of amides is 1. The van der Waals surface area contributed by atoms with E-state index < -0.39 is 17.6 Å². The summed E-state index contributed by atoms with van der Waals surface area (Å²) in [6, 6.07) is 8.76. The Morgan fingerprint density at radius 3 is 2.50 bits per heavy atom. The summed E-state index contributed by atoms with van der Waals surface area (Å²) < 4.78 is 14.6. The summed E-state index contributed by atoms with van der Waals surface area (Å²) >= 11 is 0. The van der Waals surface area contributed by atoms with Gasteiger partial charge in [-0.25, -0.2) is 4.39 Å². The minimum atomic E-state index is -1.77. The summed E-state index contributed by atoms with van der Waals surface area (Å²) in [5.41, 5.74) is -0.943. The highest BCUT2D eigenvalue weighted by Gasteiger charge is 2.40. The molecule has 0 radical (unpaired) electrons. The summed E-state index contributed by atoms with van der Waals surface area (Å²) in [4.78, 5) is 23.0. The maximum Gasteiger partial charge on any atom is 0.258 e. The van der Waals surface area contributed by atoms with Gasteiger partial charge in [0.05, 0.1) is 6.04 Å². The minimum absolute atomic E-state index is 0.159. The fourth-order valence-electron chi connectivity index (χ4n) is 2.69. The van der Waals surface area contributed by atoms with Crippen LogP contribution in [-0.2, 0) is 9.59 Å². The zero-order valence-electron chi connectivity index (χ0n) is 11.5. The average Bonchev–Trinajstić information content (AvgIpc) is 2.48. The Balaban J connectivity index is 2.08. The molecule has 1 saturated carbocycles. The van der Waals surface area contributed by atoms with E-state index in [1.807, 2.05) is 30.3 Å². The zero-order valence-corrected chi connectivity index (χ0v) is 11.5. The van der Waals surface area contributed by atoms with Gasteiger partial charge >= 0.3 is 0 Å². The molecule has 3 nitrogen and oxygen atoms in total. The van der Waals surface area contributed by atoms with Gasteiger partial charge in [-0.15, -0.1) is 0 Å².